The maximum absolute atomic E-state index is 12.8. The highest BCUT2D eigenvalue weighted by molar-refractivity contribution is 5.97. The van der Waals surface area contributed by atoms with Crippen LogP contribution in [0.4, 0.5) is 5.82 Å². The average molecular weight is 348 g/mol. The molecule has 0 bridgehead atoms. The summed E-state index contributed by atoms with van der Waals surface area (Å²) in [4.78, 5) is 24.2. The summed E-state index contributed by atoms with van der Waals surface area (Å²) in [6.07, 6.45) is 4.98. The summed E-state index contributed by atoms with van der Waals surface area (Å²) in [5.41, 5.74) is 4.95. The lowest BCUT2D eigenvalue weighted by Gasteiger charge is -2.35. The van der Waals surface area contributed by atoms with Crippen LogP contribution in [0.15, 0.2) is 30.6 Å². The van der Waals surface area contributed by atoms with Gasteiger partial charge >= 0.3 is 0 Å². The molecule has 132 valence electrons. The Morgan fingerprint density at radius 3 is 2.81 bits per heavy atom. The fourth-order valence-corrected chi connectivity index (χ4v) is 3.86. The summed E-state index contributed by atoms with van der Waals surface area (Å²) < 4.78 is 0. The van der Waals surface area contributed by atoms with E-state index in [1.807, 2.05) is 23.1 Å². The number of hydrogen-bond acceptors (Lipinski definition) is 5. The fraction of sp³-hybridized carbons (Fsp3) is 0.368. The standard InChI is InChI=1S/C19H20N6O/c26-19(14-4-5-16-17(10-14)21-12-20-16)25-8-6-24(7-9-25)18-11-13-2-1-3-15(13)22-23-18/h4-5,10-12H,1-3,6-9H2,(H,20,21). The van der Waals surface area contributed by atoms with Crippen LogP contribution < -0.4 is 4.90 Å². The molecule has 2 aromatic heterocycles. The third-order valence-corrected chi connectivity index (χ3v) is 5.36. The van der Waals surface area contributed by atoms with Crippen LogP contribution in [0.2, 0.25) is 0 Å². The third-order valence-electron chi connectivity index (χ3n) is 5.36. The predicted molar refractivity (Wildman–Crippen MR) is 98.3 cm³/mol. The molecule has 2 aliphatic rings. The van der Waals surface area contributed by atoms with Crippen molar-refractivity contribution in [2.24, 2.45) is 0 Å². The van der Waals surface area contributed by atoms with Gasteiger partial charge in [0, 0.05) is 31.7 Å². The molecule has 1 aliphatic carbocycles. The Hall–Kier alpha value is -2.96. The van der Waals surface area contributed by atoms with Crippen LogP contribution in [-0.2, 0) is 12.8 Å². The molecule has 0 radical (unpaired) electrons. The lowest BCUT2D eigenvalue weighted by molar-refractivity contribution is 0.0746. The number of carbonyl (C=O) groups excluding carboxylic acids is 1. The van der Waals surface area contributed by atoms with E-state index in [0.717, 1.165) is 48.5 Å². The van der Waals surface area contributed by atoms with Crippen molar-refractivity contribution in [1.82, 2.24) is 25.1 Å². The maximum atomic E-state index is 12.8. The minimum absolute atomic E-state index is 0.0705. The van der Waals surface area contributed by atoms with Gasteiger partial charge in [0.1, 0.15) is 0 Å². The molecule has 5 rings (SSSR count). The quantitative estimate of drug-likeness (QED) is 0.764. The van der Waals surface area contributed by atoms with Gasteiger partial charge in [0.15, 0.2) is 5.82 Å². The molecule has 1 amide bonds. The van der Waals surface area contributed by atoms with Crippen molar-refractivity contribution >= 4 is 22.8 Å². The molecule has 7 nitrogen and oxygen atoms in total. The van der Waals surface area contributed by atoms with Crippen molar-refractivity contribution in [1.29, 1.82) is 0 Å². The fourth-order valence-electron chi connectivity index (χ4n) is 3.86. The maximum Gasteiger partial charge on any atom is 0.254 e. The Kier molecular flexibility index (Phi) is 3.58. The smallest absolute Gasteiger partial charge is 0.254 e. The van der Waals surface area contributed by atoms with Crippen LogP contribution in [0.1, 0.15) is 28.0 Å². The zero-order chi connectivity index (χ0) is 17.5. The number of hydrogen-bond donors (Lipinski definition) is 1. The number of aromatic amines is 1. The second-order valence-electron chi connectivity index (χ2n) is 6.94. The van der Waals surface area contributed by atoms with E-state index in [1.165, 1.54) is 12.0 Å². The number of nitrogens with one attached hydrogen (secondary N) is 1. The first-order valence-electron chi connectivity index (χ1n) is 9.11. The number of amides is 1. The zero-order valence-electron chi connectivity index (χ0n) is 14.5. The van der Waals surface area contributed by atoms with Gasteiger partial charge in [-0.3, -0.25) is 4.79 Å². The molecule has 1 aliphatic heterocycles. The van der Waals surface area contributed by atoms with Crippen molar-refractivity contribution in [3.8, 4) is 0 Å². The molecule has 7 heteroatoms. The number of benzene rings is 1. The molecule has 0 saturated carbocycles. The summed E-state index contributed by atoms with van der Waals surface area (Å²) in [6.45, 7) is 2.95. The second-order valence-corrected chi connectivity index (χ2v) is 6.94. The summed E-state index contributed by atoms with van der Waals surface area (Å²) in [5.74, 6) is 1.01. The summed E-state index contributed by atoms with van der Waals surface area (Å²) in [5, 5.41) is 8.77. The highest BCUT2D eigenvalue weighted by Gasteiger charge is 2.24. The van der Waals surface area contributed by atoms with Crippen LogP contribution in [0.25, 0.3) is 11.0 Å². The number of nitrogens with zero attached hydrogens (tertiary/aromatic N) is 5. The van der Waals surface area contributed by atoms with E-state index in [1.54, 1.807) is 6.33 Å². The molecule has 1 saturated heterocycles. The number of anilines is 1. The van der Waals surface area contributed by atoms with Gasteiger partial charge in [-0.1, -0.05) is 0 Å². The Balaban J connectivity index is 1.28. The van der Waals surface area contributed by atoms with Crippen LogP contribution in [0.5, 0.6) is 0 Å². The SMILES string of the molecule is O=C(c1ccc2nc[nH]c2c1)N1CCN(c2cc3c(nn2)CCC3)CC1. The summed E-state index contributed by atoms with van der Waals surface area (Å²) in [7, 11) is 0. The van der Waals surface area contributed by atoms with Gasteiger partial charge in [0.2, 0.25) is 0 Å². The Morgan fingerprint density at radius 1 is 1.04 bits per heavy atom. The number of imidazole rings is 1. The Labute approximate surface area is 151 Å². The van der Waals surface area contributed by atoms with Gasteiger partial charge in [-0.25, -0.2) is 4.98 Å². The van der Waals surface area contributed by atoms with Gasteiger partial charge in [-0.15, -0.1) is 5.10 Å². The molecule has 26 heavy (non-hydrogen) atoms. The molecular weight excluding hydrogens is 328 g/mol. The van der Waals surface area contributed by atoms with E-state index in [-0.39, 0.29) is 5.91 Å². The van der Waals surface area contributed by atoms with Crippen LogP contribution in [-0.4, -0.2) is 57.2 Å². The molecule has 3 aromatic rings. The number of aryl methyl sites for hydroxylation is 2. The molecular formula is C19H20N6O. The topological polar surface area (TPSA) is 78.0 Å². The third kappa shape index (κ3) is 2.60. The van der Waals surface area contributed by atoms with E-state index in [0.29, 0.717) is 18.7 Å². The van der Waals surface area contributed by atoms with Crippen molar-refractivity contribution in [2.75, 3.05) is 31.1 Å². The lowest BCUT2D eigenvalue weighted by atomic mass is 10.1. The summed E-state index contributed by atoms with van der Waals surface area (Å²) in [6, 6.07) is 7.79. The first-order valence-corrected chi connectivity index (χ1v) is 9.11. The largest absolute Gasteiger partial charge is 0.352 e. The number of H-pyrrole nitrogens is 1. The molecule has 3 heterocycles. The van der Waals surface area contributed by atoms with Gasteiger partial charge in [-0.2, -0.15) is 5.10 Å². The van der Waals surface area contributed by atoms with Crippen molar-refractivity contribution < 1.29 is 4.79 Å². The van der Waals surface area contributed by atoms with E-state index in [2.05, 4.69) is 31.1 Å². The first kappa shape index (κ1) is 15.3. The number of fused-ring (bicyclic) bond motifs is 2. The predicted octanol–water partition coefficient (Wildman–Crippen LogP) is 1.80. The molecule has 1 fully saturated rings. The molecule has 0 atom stereocenters. The zero-order valence-corrected chi connectivity index (χ0v) is 14.5. The first-order chi connectivity index (χ1) is 12.8. The number of rotatable bonds is 2. The Morgan fingerprint density at radius 2 is 1.92 bits per heavy atom. The average Bonchev–Trinajstić information content (AvgIpc) is 3.35. The second kappa shape index (κ2) is 6.09. The Bertz CT molecular complexity index is 973. The highest BCUT2D eigenvalue weighted by atomic mass is 16.2. The number of aromatic nitrogens is 4. The minimum Gasteiger partial charge on any atom is -0.352 e. The van der Waals surface area contributed by atoms with Crippen LogP contribution >= 0.6 is 0 Å². The van der Waals surface area contributed by atoms with Gasteiger partial charge in [0.25, 0.3) is 5.91 Å². The van der Waals surface area contributed by atoms with Crippen LogP contribution in [0.3, 0.4) is 0 Å². The normalized spacial score (nSPS) is 16.9. The van der Waals surface area contributed by atoms with E-state index in [9.17, 15) is 4.79 Å². The molecule has 1 aromatic carbocycles. The molecule has 0 unspecified atom stereocenters. The highest BCUT2D eigenvalue weighted by Crippen LogP contribution is 2.23. The van der Waals surface area contributed by atoms with E-state index >= 15 is 0 Å². The monoisotopic (exact) mass is 348 g/mol. The van der Waals surface area contributed by atoms with Crippen molar-refractivity contribution in [3.63, 3.8) is 0 Å². The lowest BCUT2D eigenvalue weighted by Crippen LogP contribution is -2.49. The van der Waals surface area contributed by atoms with Gasteiger partial charge in [0.05, 0.1) is 23.1 Å². The molecule has 0 spiro atoms. The van der Waals surface area contributed by atoms with E-state index in [4.69, 9.17) is 0 Å². The van der Waals surface area contributed by atoms with E-state index < -0.39 is 0 Å². The molecule has 1 N–H and O–H groups in total. The number of carbonyl (C=O) groups is 1. The van der Waals surface area contributed by atoms with Gasteiger partial charge < -0.3 is 14.8 Å². The summed E-state index contributed by atoms with van der Waals surface area (Å²) >= 11 is 0. The number of piperazine rings is 1. The van der Waals surface area contributed by atoms with Crippen molar-refractivity contribution in [2.45, 2.75) is 19.3 Å². The van der Waals surface area contributed by atoms with Crippen molar-refractivity contribution in [3.05, 3.63) is 47.4 Å². The minimum atomic E-state index is 0.0705. The van der Waals surface area contributed by atoms with Crippen LogP contribution in [0, 0.1) is 0 Å². The van der Waals surface area contributed by atoms with Gasteiger partial charge in [-0.05, 0) is 49.1 Å².